The zero-order chi connectivity index (χ0) is 16.9. The average molecular weight is 396 g/mol. The fourth-order valence-electron chi connectivity index (χ4n) is 3.46. The predicted molar refractivity (Wildman–Crippen MR) is 99.3 cm³/mol. The topological polar surface area (TPSA) is 68.6 Å². The van der Waals surface area contributed by atoms with E-state index in [0.29, 0.717) is 24.3 Å². The van der Waals surface area contributed by atoms with Crippen LogP contribution in [0.15, 0.2) is 34.1 Å². The monoisotopic (exact) mass is 395 g/mol. The van der Waals surface area contributed by atoms with Crippen molar-refractivity contribution < 1.29 is 9.84 Å². The van der Waals surface area contributed by atoms with Crippen LogP contribution in [0.1, 0.15) is 25.7 Å². The Kier molecular flexibility index (Phi) is 6.14. The molecule has 5 nitrogen and oxygen atoms in total. The van der Waals surface area contributed by atoms with Gasteiger partial charge in [-0.25, -0.2) is 0 Å². The third-order valence-corrected chi connectivity index (χ3v) is 5.69. The first-order valence-corrected chi connectivity index (χ1v) is 9.54. The SMILES string of the molecule is N=C1C=C(N2CCOCC2)C(Br)=C/C1=C/NC1CCC(CO)CC1. The lowest BCUT2D eigenvalue weighted by atomic mass is 9.86. The summed E-state index contributed by atoms with van der Waals surface area (Å²) in [5.41, 5.74) is 2.52. The lowest BCUT2D eigenvalue weighted by Crippen LogP contribution is -2.36. The molecule has 24 heavy (non-hydrogen) atoms. The van der Waals surface area contributed by atoms with E-state index in [4.69, 9.17) is 10.1 Å². The molecule has 3 N–H and O–H groups in total. The Hall–Kier alpha value is -1.11. The molecule has 1 saturated carbocycles. The highest BCUT2D eigenvalue weighted by molar-refractivity contribution is 9.12. The number of nitrogens with one attached hydrogen (secondary N) is 2. The second-order valence-corrected chi connectivity index (χ2v) is 7.56. The third kappa shape index (κ3) is 4.29. The fraction of sp³-hybridized carbons (Fsp3) is 0.611. The number of hydrogen-bond acceptors (Lipinski definition) is 5. The van der Waals surface area contributed by atoms with Gasteiger partial charge in [-0.05, 0) is 59.7 Å². The van der Waals surface area contributed by atoms with Crippen molar-refractivity contribution in [3.05, 3.63) is 34.1 Å². The van der Waals surface area contributed by atoms with Crippen LogP contribution in [-0.2, 0) is 4.74 Å². The van der Waals surface area contributed by atoms with E-state index in [1.54, 1.807) is 0 Å². The summed E-state index contributed by atoms with van der Waals surface area (Å²) in [6, 6.07) is 0.449. The Morgan fingerprint density at radius 2 is 1.96 bits per heavy atom. The van der Waals surface area contributed by atoms with E-state index >= 15 is 0 Å². The van der Waals surface area contributed by atoms with Crippen molar-refractivity contribution in [3.63, 3.8) is 0 Å². The minimum atomic E-state index is 0.309. The first kappa shape index (κ1) is 17.7. The summed E-state index contributed by atoms with van der Waals surface area (Å²) >= 11 is 3.66. The first-order chi connectivity index (χ1) is 11.7. The van der Waals surface area contributed by atoms with Crippen LogP contribution in [0.5, 0.6) is 0 Å². The van der Waals surface area contributed by atoms with E-state index in [2.05, 4.69) is 26.1 Å². The minimum absolute atomic E-state index is 0.309. The molecule has 0 atom stereocenters. The summed E-state index contributed by atoms with van der Waals surface area (Å²) in [4.78, 5) is 2.26. The Balaban J connectivity index is 1.60. The van der Waals surface area contributed by atoms with Crippen molar-refractivity contribution in [3.8, 4) is 0 Å². The summed E-state index contributed by atoms with van der Waals surface area (Å²) < 4.78 is 6.43. The molecule has 6 heteroatoms. The van der Waals surface area contributed by atoms with Gasteiger partial charge in [-0.15, -0.1) is 0 Å². The standard InChI is InChI=1S/C18H26BrN3O2/c19-16-9-14(11-21-15-3-1-13(12-23)2-4-15)17(20)10-18(16)22-5-7-24-8-6-22/h9-11,13,15,20-21,23H,1-8,12H2/b14-11-,20-17?. The number of morpholine rings is 1. The molecule has 2 aliphatic carbocycles. The summed E-state index contributed by atoms with van der Waals surface area (Å²) in [7, 11) is 0. The lowest BCUT2D eigenvalue weighted by molar-refractivity contribution is 0.0553. The lowest BCUT2D eigenvalue weighted by Gasteiger charge is -2.32. The van der Waals surface area contributed by atoms with Crippen LogP contribution < -0.4 is 5.32 Å². The molecule has 0 aromatic rings. The number of ether oxygens (including phenoxy) is 1. The van der Waals surface area contributed by atoms with E-state index in [0.717, 1.165) is 67.7 Å². The normalized spacial score (nSPS) is 30.2. The van der Waals surface area contributed by atoms with Gasteiger partial charge >= 0.3 is 0 Å². The van der Waals surface area contributed by atoms with Gasteiger partial charge in [0, 0.05) is 42.0 Å². The van der Waals surface area contributed by atoms with Gasteiger partial charge in [-0.1, -0.05) is 0 Å². The maximum atomic E-state index is 9.22. The van der Waals surface area contributed by atoms with Gasteiger partial charge in [-0.2, -0.15) is 0 Å². The van der Waals surface area contributed by atoms with Crippen molar-refractivity contribution in [2.24, 2.45) is 5.92 Å². The van der Waals surface area contributed by atoms with Crippen molar-refractivity contribution in [1.29, 1.82) is 5.41 Å². The molecule has 1 heterocycles. The highest BCUT2D eigenvalue weighted by Gasteiger charge is 2.22. The number of rotatable bonds is 4. The highest BCUT2D eigenvalue weighted by Crippen LogP contribution is 2.29. The molecule has 0 unspecified atom stereocenters. The molecule has 0 bridgehead atoms. The first-order valence-electron chi connectivity index (χ1n) is 8.75. The van der Waals surface area contributed by atoms with Crippen LogP contribution in [0.25, 0.3) is 0 Å². The molecule has 1 aliphatic heterocycles. The Morgan fingerprint density at radius 1 is 1.25 bits per heavy atom. The van der Waals surface area contributed by atoms with E-state index in [1.807, 2.05) is 18.4 Å². The van der Waals surface area contributed by atoms with Gasteiger partial charge in [0.15, 0.2) is 0 Å². The number of aliphatic hydroxyl groups excluding tert-OH is 1. The van der Waals surface area contributed by atoms with Crippen LogP contribution in [-0.4, -0.2) is 54.7 Å². The number of aliphatic hydroxyl groups is 1. The van der Waals surface area contributed by atoms with Crippen LogP contribution in [0.2, 0.25) is 0 Å². The largest absolute Gasteiger partial charge is 0.396 e. The van der Waals surface area contributed by atoms with Gasteiger partial charge in [0.1, 0.15) is 0 Å². The molecule has 0 spiro atoms. The van der Waals surface area contributed by atoms with Crippen LogP contribution >= 0.6 is 15.9 Å². The Morgan fingerprint density at radius 3 is 2.62 bits per heavy atom. The summed E-state index contributed by atoms with van der Waals surface area (Å²) in [5, 5.41) is 21.0. The minimum Gasteiger partial charge on any atom is -0.396 e. The number of allylic oxidation sites excluding steroid dienone is 4. The van der Waals surface area contributed by atoms with Crippen molar-refractivity contribution in [2.45, 2.75) is 31.7 Å². The van der Waals surface area contributed by atoms with Gasteiger partial charge in [-0.3, -0.25) is 0 Å². The van der Waals surface area contributed by atoms with E-state index < -0.39 is 0 Å². The molecule has 0 aromatic heterocycles. The van der Waals surface area contributed by atoms with Crippen molar-refractivity contribution >= 4 is 21.6 Å². The van der Waals surface area contributed by atoms with Crippen molar-refractivity contribution in [2.75, 3.05) is 32.9 Å². The van der Waals surface area contributed by atoms with Gasteiger partial charge in [0.25, 0.3) is 0 Å². The highest BCUT2D eigenvalue weighted by atomic mass is 79.9. The van der Waals surface area contributed by atoms with E-state index in [9.17, 15) is 5.11 Å². The van der Waals surface area contributed by atoms with Crippen LogP contribution in [0.3, 0.4) is 0 Å². The molecular weight excluding hydrogens is 370 g/mol. The average Bonchev–Trinajstić information content (AvgIpc) is 2.63. The molecule has 1 saturated heterocycles. The second kappa shape index (κ2) is 8.32. The summed E-state index contributed by atoms with van der Waals surface area (Å²) in [5.74, 6) is 0.469. The second-order valence-electron chi connectivity index (χ2n) is 6.70. The molecule has 3 aliphatic rings. The maximum Gasteiger partial charge on any atom is 0.0648 e. The number of halogens is 1. The summed E-state index contributed by atoms with van der Waals surface area (Å²) in [6.07, 6.45) is 10.3. The maximum absolute atomic E-state index is 9.22. The molecule has 132 valence electrons. The smallest absolute Gasteiger partial charge is 0.0648 e. The number of hydrogen-bond donors (Lipinski definition) is 3. The van der Waals surface area contributed by atoms with Gasteiger partial charge in [0.2, 0.25) is 0 Å². The molecule has 0 radical (unpaired) electrons. The van der Waals surface area contributed by atoms with Crippen LogP contribution in [0, 0.1) is 11.3 Å². The molecule has 2 fully saturated rings. The molecular formula is C18H26BrN3O2. The zero-order valence-electron chi connectivity index (χ0n) is 13.9. The van der Waals surface area contributed by atoms with Gasteiger partial charge < -0.3 is 25.5 Å². The van der Waals surface area contributed by atoms with E-state index in [-0.39, 0.29) is 0 Å². The summed E-state index contributed by atoms with van der Waals surface area (Å²) in [6.45, 7) is 3.53. The molecule has 0 aromatic carbocycles. The van der Waals surface area contributed by atoms with Crippen molar-refractivity contribution in [1.82, 2.24) is 10.2 Å². The zero-order valence-corrected chi connectivity index (χ0v) is 15.5. The Bertz CT molecular complexity index is 557. The number of nitrogens with zero attached hydrogens (tertiary/aromatic N) is 1. The van der Waals surface area contributed by atoms with E-state index in [1.165, 1.54) is 0 Å². The fourth-order valence-corrected chi connectivity index (χ4v) is 4.07. The third-order valence-electron chi connectivity index (χ3n) is 5.05. The molecule has 0 amide bonds. The molecule has 3 rings (SSSR count). The van der Waals surface area contributed by atoms with Crippen LogP contribution in [0.4, 0.5) is 0 Å². The Labute approximate surface area is 152 Å². The van der Waals surface area contributed by atoms with Gasteiger partial charge in [0.05, 0.1) is 24.6 Å². The predicted octanol–water partition coefficient (Wildman–Crippen LogP) is 2.54. The quantitative estimate of drug-likeness (QED) is 0.683.